The van der Waals surface area contributed by atoms with Gasteiger partial charge in [-0.3, -0.25) is 14.5 Å². The summed E-state index contributed by atoms with van der Waals surface area (Å²) in [5.41, 5.74) is 1.90. The average molecular weight is 419 g/mol. The Kier molecular flexibility index (Phi) is 6.20. The molecule has 0 unspecified atom stereocenters. The molecule has 1 N–H and O–H groups in total. The van der Waals surface area contributed by atoms with Crippen molar-refractivity contribution < 1.29 is 14.3 Å². The molecular formula is C21H23ClN2O3S. The van der Waals surface area contributed by atoms with E-state index < -0.39 is 5.41 Å². The van der Waals surface area contributed by atoms with Crippen LogP contribution in [-0.2, 0) is 9.59 Å². The molecule has 0 aromatic heterocycles. The molecule has 28 heavy (non-hydrogen) atoms. The van der Waals surface area contributed by atoms with Crippen LogP contribution in [0.1, 0.15) is 24.8 Å². The minimum absolute atomic E-state index is 0.0707. The summed E-state index contributed by atoms with van der Waals surface area (Å²) in [5.74, 6) is 1.37. The Morgan fingerprint density at radius 2 is 1.86 bits per heavy atom. The van der Waals surface area contributed by atoms with Crippen molar-refractivity contribution in [3.8, 4) is 5.75 Å². The maximum absolute atomic E-state index is 12.5. The van der Waals surface area contributed by atoms with Crippen molar-refractivity contribution in [1.82, 2.24) is 0 Å². The SMILES string of the molecule is COc1ccc(N2C(=O)CS[C@H]2c2ccc(NC(=O)C(C)(C)CCl)cc2)cc1. The number of rotatable bonds is 6. The third-order valence-electron chi connectivity index (χ3n) is 4.62. The Labute approximate surface area is 174 Å². The summed E-state index contributed by atoms with van der Waals surface area (Å²) < 4.78 is 5.20. The second-order valence-electron chi connectivity index (χ2n) is 7.22. The highest BCUT2D eigenvalue weighted by Gasteiger charge is 2.34. The summed E-state index contributed by atoms with van der Waals surface area (Å²) in [6.45, 7) is 3.61. The van der Waals surface area contributed by atoms with Gasteiger partial charge in [-0.05, 0) is 55.8 Å². The first-order valence-electron chi connectivity index (χ1n) is 8.91. The predicted octanol–water partition coefficient (Wildman–Crippen LogP) is 4.68. The molecule has 2 aromatic carbocycles. The van der Waals surface area contributed by atoms with Gasteiger partial charge in [-0.1, -0.05) is 12.1 Å². The summed E-state index contributed by atoms with van der Waals surface area (Å²) in [7, 11) is 1.61. The van der Waals surface area contributed by atoms with Gasteiger partial charge in [0.15, 0.2) is 0 Å². The van der Waals surface area contributed by atoms with Crippen LogP contribution in [0.25, 0.3) is 0 Å². The highest BCUT2D eigenvalue weighted by molar-refractivity contribution is 8.00. The zero-order valence-electron chi connectivity index (χ0n) is 16.1. The largest absolute Gasteiger partial charge is 0.497 e. The van der Waals surface area contributed by atoms with Crippen molar-refractivity contribution in [3.05, 3.63) is 54.1 Å². The maximum atomic E-state index is 12.5. The lowest BCUT2D eigenvalue weighted by atomic mass is 9.95. The van der Waals surface area contributed by atoms with Crippen LogP contribution in [-0.4, -0.2) is 30.6 Å². The molecule has 2 aromatic rings. The number of hydrogen-bond donors (Lipinski definition) is 1. The van der Waals surface area contributed by atoms with E-state index in [1.807, 2.05) is 48.5 Å². The summed E-state index contributed by atoms with van der Waals surface area (Å²) in [6.07, 6.45) is 0. The van der Waals surface area contributed by atoms with Crippen molar-refractivity contribution in [1.29, 1.82) is 0 Å². The zero-order chi connectivity index (χ0) is 20.3. The molecule has 148 valence electrons. The molecule has 0 aliphatic carbocycles. The van der Waals surface area contributed by atoms with Crippen molar-refractivity contribution in [2.45, 2.75) is 19.2 Å². The van der Waals surface area contributed by atoms with E-state index in [9.17, 15) is 9.59 Å². The molecule has 3 rings (SSSR count). The minimum atomic E-state index is -0.640. The molecule has 0 saturated carbocycles. The molecule has 0 bridgehead atoms. The van der Waals surface area contributed by atoms with Crippen LogP contribution in [0.15, 0.2) is 48.5 Å². The summed E-state index contributed by atoms with van der Waals surface area (Å²) >= 11 is 7.45. The van der Waals surface area contributed by atoms with Crippen molar-refractivity contribution in [2.75, 3.05) is 29.0 Å². The quantitative estimate of drug-likeness (QED) is 0.692. The Hall–Kier alpha value is -2.18. The molecule has 5 nitrogen and oxygen atoms in total. The van der Waals surface area contributed by atoms with Gasteiger partial charge in [0.05, 0.1) is 18.3 Å². The van der Waals surface area contributed by atoms with E-state index in [1.165, 1.54) is 0 Å². The molecule has 1 fully saturated rings. The number of hydrogen-bond acceptors (Lipinski definition) is 4. The molecule has 1 heterocycles. The number of halogens is 1. The number of methoxy groups -OCH3 is 1. The number of carbonyl (C=O) groups excluding carboxylic acids is 2. The van der Waals surface area contributed by atoms with Gasteiger partial charge in [-0.15, -0.1) is 23.4 Å². The second kappa shape index (κ2) is 8.45. The lowest BCUT2D eigenvalue weighted by Crippen LogP contribution is -2.32. The number of alkyl halides is 1. The van der Waals surface area contributed by atoms with Gasteiger partial charge in [0, 0.05) is 17.3 Å². The zero-order valence-corrected chi connectivity index (χ0v) is 17.6. The molecule has 2 amide bonds. The number of amides is 2. The number of carbonyl (C=O) groups is 2. The molecule has 1 saturated heterocycles. The van der Waals surface area contributed by atoms with E-state index in [-0.39, 0.29) is 23.1 Å². The molecule has 7 heteroatoms. The molecule has 1 aliphatic heterocycles. The van der Waals surface area contributed by atoms with Crippen LogP contribution in [0.2, 0.25) is 0 Å². The van der Waals surface area contributed by atoms with E-state index in [4.69, 9.17) is 16.3 Å². The molecule has 0 spiro atoms. The van der Waals surface area contributed by atoms with Crippen LogP contribution in [0.3, 0.4) is 0 Å². The van der Waals surface area contributed by atoms with Crippen LogP contribution >= 0.6 is 23.4 Å². The van der Waals surface area contributed by atoms with Crippen LogP contribution in [0, 0.1) is 5.41 Å². The Bertz CT molecular complexity index is 853. The summed E-state index contributed by atoms with van der Waals surface area (Å²) in [5, 5.41) is 2.78. The van der Waals surface area contributed by atoms with Gasteiger partial charge in [-0.25, -0.2) is 0 Å². The number of thioether (sulfide) groups is 1. The van der Waals surface area contributed by atoms with E-state index >= 15 is 0 Å². The van der Waals surface area contributed by atoms with Crippen molar-refractivity contribution in [3.63, 3.8) is 0 Å². The van der Waals surface area contributed by atoms with Gasteiger partial charge in [-0.2, -0.15) is 0 Å². The lowest BCUT2D eigenvalue weighted by molar-refractivity contribution is -0.123. The van der Waals surface area contributed by atoms with Gasteiger partial charge < -0.3 is 10.1 Å². The second-order valence-corrected chi connectivity index (χ2v) is 8.55. The summed E-state index contributed by atoms with van der Waals surface area (Å²) in [6, 6.07) is 15.1. The van der Waals surface area contributed by atoms with Gasteiger partial charge in [0.2, 0.25) is 11.8 Å². The molecule has 0 radical (unpaired) electrons. The first kappa shape index (κ1) is 20.6. The number of benzene rings is 2. The summed E-state index contributed by atoms with van der Waals surface area (Å²) in [4.78, 5) is 26.5. The van der Waals surface area contributed by atoms with E-state index in [1.54, 1.807) is 37.6 Å². The van der Waals surface area contributed by atoms with Crippen molar-refractivity contribution >= 4 is 46.6 Å². The number of ether oxygens (including phenoxy) is 1. The first-order chi connectivity index (χ1) is 13.4. The van der Waals surface area contributed by atoms with Crippen LogP contribution in [0.5, 0.6) is 5.75 Å². The fourth-order valence-electron chi connectivity index (χ4n) is 2.78. The predicted molar refractivity (Wildman–Crippen MR) is 115 cm³/mol. The lowest BCUT2D eigenvalue weighted by Gasteiger charge is -2.25. The fourth-order valence-corrected chi connectivity index (χ4v) is 4.08. The standard InChI is InChI=1S/C21H23ClN2O3S/c1-21(2,13-22)20(26)23-15-6-4-14(5-7-15)19-24(18(25)12-28-19)16-8-10-17(27-3)11-9-16/h4-11,19H,12-13H2,1-3H3,(H,23,26)/t19-/m0/s1. The third kappa shape index (κ3) is 4.28. The number of anilines is 2. The smallest absolute Gasteiger partial charge is 0.238 e. The number of nitrogens with zero attached hydrogens (tertiary/aromatic N) is 1. The van der Waals surface area contributed by atoms with E-state index in [0.29, 0.717) is 11.4 Å². The van der Waals surface area contributed by atoms with E-state index in [2.05, 4.69) is 5.32 Å². The monoisotopic (exact) mass is 418 g/mol. The minimum Gasteiger partial charge on any atom is -0.497 e. The third-order valence-corrected chi connectivity index (χ3v) is 6.50. The Balaban J connectivity index is 1.78. The normalized spacial score (nSPS) is 16.9. The molecular weight excluding hydrogens is 396 g/mol. The highest BCUT2D eigenvalue weighted by atomic mass is 35.5. The first-order valence-corrected chi connectivity index (χ1v) is 10.5. The Morgan fingerprint density at radius 3 is 2.43 bits per heavy atom. The Morgan fingerprint density at radius 1 is 1.21 bits per heavy atom. The van der Waals surface area contributed by atoms with Gasteiger partial charge in [0.25, 0.3) is 0 Å². The topological polar surface area (TPSA) is 58.6 Å². The van der Waals surface area contributed by atoms with Gasteiger partial charge in [0.1, 0.15) is 11.1 Å². The average Bonchev–Trinajstić information content (AvgIpc) is 3.10. The van der Waals surface area contributed by atoms with Crippen LogP contribution in [0.4, 0.5) is 11.4 Å². The van der Waals surface area contributed by atoms with E-state index in [0.717, 1.165) is 17.0 Å². The molecule has 1 atom stereocenters. The van der Waals surface area contributed by atoms with Crippen molar-refractivity contribution in [2.24, 2.45) is 5.41 Å². The highest BCUT2D eigenvalue weighted by Crippen LogP contribution is 2.42. The van der Waals surface area contributed by atoms with Crippen LogP contribution < -0.4 is 15.0 Å². The number of nitrogens with one attached hydrogen (secondary N) is 1. The maximum Gasteiger partial charge on any atom is 0.238 e. The van der Waals surface area contributed by atoms with Gasteiger partial charge >= 0.3 is 0 Å². The molecule has 1 aliphatic rings. The fraction of sp³-hybridized carbons (Fsp3) is 0.333.